The number of ether oxygens (including phenoxy) is 3. The minimum absolute atomic E-state index is 0. The van der Waals surface area contributed by atoms with Gasteiger partial charge in [-0.1, -0.05) is 24.4 Å². The Morgan fingerprint density at radius 2 is 1.70 bits per heavy atom. The van der Waals surface area contributed by atoms with E-state index in [2.05, 4.69) is 10.8 Å². The molecule has 30 heavy (non-hydrogen) atoms. The van der Waals surface area contributed by atoms with Gasteiger partial charge in [0, 0.05) is 17.9 Å². The maximum atomic E-state index is 11.9. The molecule has 2 fully saturated rings. The van der Waals surface area contributed by atoms with Gasteiger partial charge in [0.1, 0.15) is 5.75 Å². The SMILES string of the molecule is CCOC(=O)C1C[C@@H]1c1cccc2c1CCO2.CCOC(=O)[C@H]1CC1[B-](F)(F)F.[K+]. The average Bonchev–Trinajstić information content (AvgIpc) is 3.57. The van der Waals surface area contributed by atoms with Gasteiger partial charge in [0.05, 0.1) is 25.7 Å². The van der Waals surface area contributed by atoms with Crippen molar-refractivity contribution in [2.45, 2.75) is 44.8 Å². The molecule has 2 aliphatic carbocycles. The Morgan fingerprint density at radius 1 is 1.07 bits per heavy atom. The second kappa shape index (κ2) is 10.9. The molecular weight excluding hydrogens is 427 g/mol. The number of hydrogen-bond acceptors (Lipinski definition) is 5. The van der Waals surface area contributed by atoms with Crippen LogP contribution < -0.4 is 56.1 Å². The molecule has 3 aliphatic rings. The van der Waals surface area contributed by atoms with Gasteiger partial charge in [0.25, 0.3) is 0 Å². The average molecular weight is 452 g/mol. The van der Waals surface area contributed by atoms with E-state index < -0.39 is 24.7 Å². The molecule has 0 saturated heterocycles. The molecule has 0 amide bonds. The van der Waals surface area contributed by atoms with Gasteiger partial charge in [-0.25, -0.2) is 0 Å². The molecule has 0 spiro atoms. The first-order valence-corrected chi connectivity index (χ1v) is 10.1. The predicted octanol–water partition coefficient (Wildman–Crippen LogP) is 1.08. The molecule has 10 heteroatoms. The maximum Gasteiger partial charge on any atom is 1.00 e. The van der Waals surface area contributed by atoms with Crippen molar-refractivity contribution in [3.05, 3.63) is 29.3 Å². The van der Waals surface area contributed by atoms with Gasteiger partial charge in [-0.15, -0.1) is 0 Å². The number of benzene rings is 1. The van der Waals surface area contributed by atoms with E-state index in [0.29, 0.717) is 12.5 Å². The van der Waals surface area contributed by atoms with Crippen molar-refractivity contribution >= 4 is 18.9 Å². The Balaban J connectivity index is 0.000000220. The van der Waals surface area contributed by atoms with E-state index in [0.717, 1.165) is 25.2 Å². The van der Waals surface area contributed by atoms with Crippen LogP contribution in [0.2, 0.25) is 5.82 Å². The van der Waals surface area contributed by atoms with E-state index in [-0.39, 0.29) is 76.3 Å². The van der Waals surface area contributed by atoms with Crippen molar-refractivity contribution in [1.29, 1.82) is 0 Å². The van der Waals surface area contributed by atoms with Crippen LogP contribution in [0.4, 0.5) is 12.9 Å². The third kappa shape index (κ3) is 6.25. The molecule has 0 aromatic heterocycles. The molecule has 1 aliphatic heterocycles. The Kier molecular flexibility index (Phi) is 9.30. The van der Waals surface area contributed by atoms with Crippen molar-refractivity contribution in [1.82, 2.24) is 0 Å². The Bertz CT molecular complexity index is 773. The largest absolute Gasteiger partial charge is 1.00 e. The second-order valence-corrected chi connectivity index (χ2v) is 7.51. The number of hydrogen-bond donors (Lipinski definition) is 0. The molecule has 1 heterocycles. The molecule has 5 nitrogen and oxygen atoms in total. The van der Waals surface area contributed by atoms with Gasteiger partial charge >= 0.3 is 70.3 Å². The molecule has 2 unspecified atom stereocenters. The molecule has 0 radical (unpaired) electrons. The summed E-state index contributed by atoms with van der Waals surface area (Å²) < 4.78 is 50.9. The monoisotopic (exact) mass is 452 g/mol. The standard InChI is InChI=1S/C14H16O3.C6H9BF3O2.K/c1-2-16-14(15)12-8-11(12)9-4-3-5-13-10(9)6-7-17-13;1-2-12-6(11)4-3-5(4)7(8,9)10;/h3-5,11-12H,2,6-8H2,1H3;4-5H,2-3H2,1H3;/q;-1;+1/t11-,12?;4-,5?;/m10./s1. The summed E-state index contributed by atoms with van der Waals surface area (Å²) in [5, 5.41) is 0. The van der Waals surface area contributed by atoms with Crippen LogP contribution in [0.3, 0.4) is 0 Å². The molecule has 1 aromatic carbocycles. The van der Waals surface area contributed by atoms with Crippen LogP contribution in [0.5, 0.6) is 5.75 Å². The normalized spacial score (nSPS) is 25.5. The quantitative estimate of drug-likeness (QED) is 0.478. The van der Waals surface area contributed by atoms with Crippen LogP contribution >= 0.6 is 0 Å². The smallest absolute Gasteiger partial charge is 0.493 e. The van der Waals surface area contributed by atoms with Gasteiger partial charge < -0.3 is 27.2 Å². The van der Waals surface area contributed by atoms with Crippen molar-refractivity contribution in [3.8, 4) is 5.75 Å². The summed E-state index contributed by atoms with van der Waals surface area (Å²) in [6.45, 7) is -0.0309. The molecule has 0 bridgehead atoms. The second-order valence-electron chi connectivity index (χ2n) is 7.51. The van der Waals surface area contributed by atoms with Crippen LogP contribution in [0.15, 0.2) is 18.2 Å². The summed E-state index contributed by atoms with van der Waals surface area (Å²) in [6, 6.07) is 6.14. The number of rotatable bonds is 6. The Hall–Kier alpha value is -0.549. The zero-order valence-electron chi connectivity index (χ0n) is 17.5. The first-order chi connectivity index (χ1) is 13.8. The van der Waals surface area contributed by atoms with Crippen LogP contribution in [0.25, 0.3) is 0 Å². The van der Waals surface area contributed by atoms with Crippen molar-refractivity contribution in [2.75, 3.05) is 19.8 Å². The molecule has 4 rings (SSSR count). The Morgan fingerprint density at radius 3 is 2.27 bits per heavy atom. The van der Waals surface area contributed by atoms with E-state index >= 15 is 0 Å². The summed E-state index contributed by atoms with van der Waals surface area (Å²) in [7, 11) is 0. The van der Waals surface area contributed by atoms with E-state index in [1.54, 1.807) is 6.92 Å². The summed E-state index contributed by atoms with van der Waals surface area (Å²) in [4.78, 5) is 22.4. The number of fused-ring (bicyclic) bond motifs is 1. The molecule has 1 aromatic rings. The molecular formula is C20H25BF3KO5. The Labute approximate surface area is 216 Å². The van der Waals surface area contributed by atoms with Crippen molar-refractivity contribution in [3.63, 3.8) is 0 Å². The zero-order chi connectivity index (χ0) is 21.2. The first kappa shape index (κ1) is 25.7. The van der Waals surface area contributed by atoms with E-state index in [1.165, 1.54) is 11.1 Å². The van der Waals surface area contributed by atoms with E-state index in [9.17, 15) is 22.5 Å². The fourth-order valence-electron chi connectivity index (χ4n) is 3.80. The third-order valence-corrected chi connectivity index (χ3v) is 5.47. The van der Waals surface area contributed by atoms with Crippen LogP contribution in [-0.2, 0) is 25.5 Å². The number of halogens is 3. The number of carbonyl (C=O) groups is 2. The summed E-state index contributed by atoms with van der Waals surface area (Å²) in [5.74, 6) is -1.64. The summed E-state index contributed by atoms with van der Waals surface area (Å²) in [5.41, 5.74) is 2.59. The van der Waals surface area contributed by atoms with Crippen molar-refractivity contribution < 1.29 is 88.1 Å². The summed E-state index contributed by atoms with van der Waals surface area (Å²) >= 11 is 0. The minimum atomic E-state index is -4.84. The van der Waals surface area contributed by atoms with Gasteiger partial charge in [-0.05, 0) is 37.8 Å². The van der Waals surface area contributed by atoms with Gasteiger partial charge in [0.15, 0.2) is 0 Å². The molecule has 4 atom stereocenters. The number of carbonyl (C=O) groups excluding carboxylic acids is 2. The van der Waals surface area contributed by atoms with E-state index in [4.69, 9.17) is 9.47 Å². The summed E-state index contributed by atoms with van der Waals surface area (Å²) in [6.07, 6.45) is 1.81. The first-order valence-electron chi connectivity index (χ1n) is 10.1. The maximum absolute atomic E-state index is 11.9. The zero-order valence-corrected chi connectivity index (χ0v) is 20.7. The molecule has 160 valence electrons. The molecule has 0 N–H and O–H groups in total. The van der Waals surface area contributed by atoms with Gasteiger partial charge in [0.2, 0.25) is 0 Å². The fraction of sp³-hybridized carbons (Fsp3) is 0.600. The van der Waals surface area contributed by atoms with Crippen LogP contribution in [-0.4, -0.2) is 38.7 Å². The van der Waals surface area contributed by atoms with Crippen LogP contribution in [0, 0.1) is 11.8 Å². The van der Waals surface area contributed by atoms with E-state index in [1.807, 2.05) is 19.1 Å². The van der Waals surface area contributed by atoms with Crippen molar-refractivity contribution in [2.24, 2.45) is 11.8 Å². The third-order valence-electron chi connectivity index (χ3n) is 5.47. The topological polar surface area (TPSA) is 61.8 Å². The number of esters is 2. The van der Waals surface area contributed by atoms with Gasteiger partial charge in [-0.2, -0.15) is 0 Å². The fourth-order valence-corrected chi connectivity index (χ4v) is 3.80. The van der Waals surface area contributed by atoms with Crippen LogP contribution in [0.1, 0.15) is 43.7 Å². The molecule has 2 saturated carbocycles. The van der Waals surface area contributed by atoms with Gasteiger partial charge in [-0.3, -0.25) is 9.59 Å². The minimum Gasteiger partial charge on any atom is -0.493 e. The predicted molar refractivity (Wildman–Crippen MR) is 101 cm³/mol.